The van der Waals surface area contributed by atoms with Crippen molar-refractivity contribution in [2.75, 3.05) is 18.0 Å². The second-order valence-electron chi connectivity index (χ2n) is 9.80. The van der Waals surface area contributed by atoms with Crippen LogP contribution in [-0.4, -0.2) is 36.7 Å². The largest absolute Gasteiger partial charge is 0.467 e. The number of halogens is 1. The van der Waals surface area contributed by atoms with Crippen LogP contribution in [0.2, 0.25) is 5.02 Å². The van der Waals surface area contributed by atoms with Gasteiger partial charge >= 0.3 is 0 Å². The fraction of sp³-hybridized carbons (Fsp3) is 0.333. The normalized spacial score (nSPS) is 18.8. The summed E-state index contributed by atoms with van der Waals surface area (Å²) in [5, 5.41) is 1.06. The number of thiazole rings is 1. The standard InChI is InChI=1S/C27H28ClN3O4S2/c1-17-13-18(2)15-30(14-17)37(33,34)22-9-7-20(8-10-22)26(32)31(16-21-5-4-12-35-21)27-29-24-19(3)6-11-23(28)25(24)36-27/h4-12,17-18H,13-16H2,1-3H3. The Labute approximate surface area is 225 Å². The lowest BCUT2D eigenvalue weighted by Gasteiger charge is -2.34. The lowest BCUT2D eigenvalue weighted by molar-refractivity contribution is 0.0983. The van der Waals surface area contributed by atoms with E-state index < -0.39 is 10.0 Å². The van der Waals surface area contributed by atoms with Gasteiger partial charge in [0.1, 0.15) is 5.76 Å². The summed E-state index contributed by atoms with van der Waals surface area (Å²) < 4.78 is 34.4. The third kappa shape index (κ3) is 5.18. The maximum absolute atomic E-state index is 13.7. The minimum absolute atomic E-state index is 0.173. The van der Waals surface area contributed by atoms with E-state index in [-0.39, 0.29) is 17.3 Å². The van der Waals surface area contributed by atoms with Gasteiger partial charge < -0.3 is 4.42 Å². The van der Waals surface area contributed by atoms with Crippen LogP contribution in [-0.2, 0) is 16.6 Å². The summed E-state index contributed by atoms with van der Waals surface area (Å²) in [5.74, 6) is 0.900. The fourth-order valence-corrected chi connectivity index (χ4v) is 7.86. The summed E-state index contributed by atoms with van der Waals surface area (Å²) in [4.78, 5) is 20.2. The number of amides is 1. The number of furan rings is 1. The smallest absolute Gasteiger partial charge is 0.260 e. The van der Waals surface area contributed by atoms with Crippen LogP contribution in [0.3, 0.4) is 0 Å². The molecule has 2 aromatic heterocycles. The van der Waals surface area contributed by atoms with E-state index in [0.29, 0.717) is 46.4 Å². The van der Waals surface area contributed by atoms with Gasteiger partial charge in [-0.15, -0.1) is 0 Å². The molecule has 0 bridgehead atoms. The highest BCUT2D eigenvalue weighted by atomic mass is 35.5. The molecule has 0 N–H and O–H groups in total. The second kappa shape index (κ2) is 10.2. The number of carbonyl (C=O) groups is 1. The molecule has 0 saturated carbocycles. The molecule has 1 fully saturated rings. The Hall–Kier alpha value is -2.72. The van der Waals surface area contributed by atoms with Crippen LogP contribution < -0.4 is 4.90 Å². The van der Waals surface area contributed by atoms with E-state index >= 15 is 0 Å². The third-order valence-corrected chi connectivity index (χ3v) is 10.0. The number of aryl methyl sites for hydroxylation is 1. The molecule has 7 nitrogen and oxygen atoms in total. The first-order valence-electron chi connectivity index (χ1n) is 12.1. The van der Waals surface area contributed by atoms with Gasteiger partial charge in [-0.25, -0.2) is 13.4 Å². The van der Waals surface area contributed by atoms with Crippen molar-refractivity contribution in [1.29, 1.82) is 0 Å². The first-order chi connectivity index (χ1) is 17.6. The highest BCUT2D eigenvalue weighted by Gasteiger charge is 2.32. The Bertz CT molecular complexity index is 1480. The van der Waals surface area contributed by atoms with E-state index in [0.717, 1.165) is 22.2 Å². The van der Waals surface area contributed by atoms with Crippen LogP contribution in [0.1, 0.15) is 41.9 Å². The summed E-state index contributed by atoms with van der Waals surface area (Å²) in [6.07, 6.45) is 2.57. The van der Waals surface area contributed by atoms with Crippen molar-refractivity contribution in [3.05, 3.63) is 76.7 Å². The summed E-state index contributed by atoms with van der Waals surface area (Å²) >= 11 is 7.75. The van der Waals surface area contributed by atoms with Crippen LogP contribution in [0.4, 0.5) is 5.13 Å². The average molecular weight is 558 g/mol. The molecule has 2 unspecified atom stereocenters. The number of anilines is 1. The number of benzene rings is 2. The van der Waals surface area contributed by atoms with Gasteiger partial charge in [0, 0.05) is 18.7 Å². The van der Waals surface area contributed by atoms with Crippen LogP contribution in [0.25, 0.3) is 10.2 Å². The van der Waals surface area contributed by atoms with Crippen molar-refractivity contribution in [1.82, 2.24) is 9.29 Å². The third-order valence-electron chi connectivity index (χ3n) is 6.63. The number of hydrogen-bond acceptors (Lipinski definition) is 6. The van der Waals surface area contributed by atoms with Crippen LogP contribution >= 0.6 is 22.9 Å². The van der Waals surface area contributed by atoms with Gasteiger partial charge in [0.15, 0.2) is 5.13 Å². The molecule has 5 rings (SSSR count). The Morgan fingerprint density at radius 1 is 1.14 bits per heavy atom. The number of fused-ring (bicyclic) bond motifs is 1. The lowest BCUT2D eigenvalue weighted by Crippen LogP contribution is -2.42. The fourth-order valence-electron chi connectivity index (χ4n) is 4.87. The summed E-state index contributed by atoms with van der Waals surface area (Å²) in [7, 11) is -3.64. The topological polar surface area (TPSA) is 83.7 Å². The van der Waals surface area contributed by atoms with Crippen LogP contribution in [0.15, 0.2) is 64.1 Å². The molecule has 1 aliphatic rings. The Balaban J connectivity index is 1.47. The molecule has 1 saturated heterocycles. The van der Waals surface area contributed by atoms with Gasteiger partial charge in [-0.2, -0.15) is 4.31 Å². The van der Waals surface area contributed by atoms with Crippen LogP contribution in [0.5, 0.6) is 0 Å². The zero-order chi connectivity index (χ0) is 26.3. The number of nitrogens with zero attached hydrogens (tertiary/aromatic N) is 3. The number of piperidine rings is 1. The highest BCUT2D eigenvalue weighted by Crippen LogP contribution is 2.37. The van der Waals surface area contributed by atoms with Crippen molar-refractivity contribution in [2.24, 2.45) is 11.8 Å². The molecule has 37 heavy (non-hydrogen) atoms. The van der Waals surface area contributed by atoms with E-state index in [1.165, 1.54) is 28.4 Å². The Kier molecular flexibility index (Phi) is 7.15. The minimum Gasteiger partial charge on any atom is -0.467 e. The van der Waals surface area contributed by atoms with E-state index in [9.17, 15) is 13.2 Å². The van der Waals surface area contributed by atoms with E-state index in [1.54, 1.807) is 34.8 Å². The van der Waals surface area contributed by atoms with Crippen molar-refractivity contribution in [3.8, 4) is 0 Å². The molecule has 4 aromatic rings. The molecular formula is C27H28ClN3O4S2. The predicted octanol–water partition coefficient (Wildman–Crippen LogP) is 6.36. The molecule has 2 atom stereocenters. The molecule has 3 heterocycles. The quantitative estimate of drug-likeness (QED) is 0.275. The molecule has 2 aromatic carbocycles. The van der Waals surface area contributed by atoms with Crippen molar-refractivity contribution in [2.45, 2.75) is 38.6 Å². The number of sulfonamides is 1. The summed E-state index contributed by atoms with van der Waals surface area (Å²) in [5.41, 5.74) is 2.06. The summed E-state index contributed by atoms with van der Waals surface area (Å²) in [6.45, 7) is 7.28. The zero-order valence-electron chi connectivity index (χ0n) is 20.8. The number of hydrogen-bond donors (Lipinski definition) is 0. The van der Waals surface area contributed by atoms with Gasteiger partial charge in [-0.1, -0.05) is 42.9 Å². The highest BCUT2D eigenvalue weighted by molar-refractivity contribution is 7.89. The Morgan fingerprint density at radius 3 is 2.46 bits per heavy atom. The molecule has 0 radical (unpaired) electrons. The minimum atomic E-state index is -3.64. The number of rotatable bonds is 6. The van der Waals surface area contributed by atoms with Crippen molar-refractivity contribution >= 4 is 54.2 Å². The van der Waals surface area contributed by atoms with Gasteiger partial charge in [0.25, 0.3) is 5.91 Å². The van der Waals surface area contributed by atoms with Crippen molar-refractivity contribution < 1.29 is 17.6 Å². The first-order valence-corrected chi connectivity index (χ1v) is 14.8. The summed E-state index contributed by atoms with van der Waals surface area (Å²) in [6, 6.07) is 13.4. The SMILES string of the molecule is Cc1ccc(Cl)c2sc(N(Cc3ccco3)C(=O)c3ccc(S(=O)(=O)N4CC(C)CC(C)C4)cc3)nc12. The molecular weight excluding hydrogens is 530 g/mol. The maximum atomic E-state index is 13.7. The molecule has 1 amide bonds. The van der Waals surface area contributed by atoms with Gasteiger partial charge in [0.05, 0.1) is 32.9 Å². The predicted molar refractivity (Wildman–Crippen MR) is 147 cm³/mol. The maximum Gasteiger partial charge on any atom is 0.260 e. The van der Waals surface area contributed by atoms with Crippen molar-refractivity contribution in [3.63, 3.8) is 0 Å². The number of aromatic nitrogens is 1. The van der Waals surface area contributed by atoms with Crippen LogP contribution in [0, 0.1) is 18.8 Å². The Morgan fingerprint density at radius 2 is 1.84 bits per heavy atom. The zero-order valence-corrected chi connectivity index (χ0v) is 23.2. The molecule has 10 heteroatoms. The monoisotopic (exact) mass is 557 g/mol. The molecule has 0 aliphatic carbocycles. The van der Waals surface area contributed by atoms with E-state index in [2.05, 4.69) is 13.8 Å². The lowest BCUT2D eigenvalue weighted by atomic mass is 9.94. The second-order valence-corrected chi connectivity index (χ2v) is 13.1. The first kappa shape index (κ1) is 25.9. The molecule has 0 spiro atoms. The average Bonchev–Trinajstić information content (AvgIpc) is 3.55. The van der Waals surface area contributed by atoms with Gasteiger partial charge in [0.2, 0.25) is 10.0 Å². The van der Waals surface area contributed by atoms with E-state index in [4.69, 9.17) is 21.0 Å². The molecule has 1 aliphatic heterocycles. The van der Waals surface area contributed by atoms with E-state index in [1.807, 2.05) is 19.1 Å². The number of carbonyl (C=O) groups excluding carboxylic acids is 1. The molecule has 194 valence electrons. The van der Waals surface area contributed by atoms with Gasteiger partial charge in [-0.3, -0.25) is 9.69 Å². The van der Waals surface area contributed by atoms with Gasteiger partial charge in [-0.05, 0) is 73.2 Å².